The Balaban J connectivity index is 1.68. The van der Waals surface area contributed by atoms with Crippen molar-refractivity contribution in [3.05, 3.63) is 59.7 Å². The molecule has 2 aromatic carbocycles. The molecule has 134 valence electrons. The van der Waals surface area contributed by atoms with E-state index in [1.165, 1.54) is 0 Å². The van der Waals surface area contributed by atoms with Gasteiger partial charge in [-0.15, -0.1) is 0 Å². The largest absolute Gasteiger partial charge is 0.481 e. The van der Waals surface area contributed by atoms with Crippen LogP contribution in [-0.2, 0) is 9.59 Å². The van der Waals surface area contributed by atoms with Gasteiger partial charge in [0.1, 0.15) is 17.5 Å². The minimum absolute atomic E-state index is 0.0472. The van der Waals surface area contributed by atoms with Gasteiger partial charge in [0.15, 0.2) is 0 Å². The van der Waals surface area contributed by atoms with Gasteiger partial charge in [-0.25, -0.2) is 0 Å². The Morgan fingerprint density at radius 1 is 1.00 bits per heavy atom. The first kappa shape index (κ1) is 16.6. The predicted molar refractivity (Wildman–Crippen MR) is 93.1 cm³/mol. The van der Waals surface area contributed by atoms with Crippen LogP contribution in [0.1, 0.15) is 23.5 Å². The topological polar surface area (TPSA) is 110 Å². The van der Waals surface area contributed by atoms with Gasteiger partial charge in [0, 0.05) is 23.0 Å². The Hall–Kier alpha value is -2.86. The highest BCUT2D eigenvalue weighted by Gasteiger charge is 2.60. The number of nitrogens with two attached hydrogens (primary N) is 1. The van der Waals surface area contributed by atoms with Crippen LogP contribution in [0.2, 0.25) is 0 Å². The van der Waals surface area contributed by atoms with Crippen LogP contribution in [0.3, 0.4) is 0 Å². The zero-order valence-electron chi connectivity index (χ0n) is 13.9. The summed E-state index contributed by atoms with van der Waals surface area (Å²) in [5, 5.41) is 18.7. The average Bonchev–Trinajstić information content (AvgIpc) is 3.34. The first-order valence-electron chi connectivity index (χ1n) is 8.56. The third kappa shape index (κ3) is 2.63. The molecule has 1 fully saturated rings. The van der Waals surface area contributed by atoms with Gasteiger partial charge in [-0.2, -0.15) is 0 Å². The van der Waals surface area contributed by atoms with Crippen molar-refractivity contribution in [1.82, 2.24) is 0 Å². The zero-order chi connectivity index (χ0) is 18.4. The van der Waals surface area contributed by atoms with E-state index >= 15 is 0 Å². The second kappa shape index (κ2) is 6.14. The molecule has 4 unspecified atom stereocenters. The maximum atomic E-state index is 11.6. The number of carboxylic acid groups (broad SMARTS) is 2. The van der Waals surface area contributed by atoms with Crippen molar-refractivity contribution in [2.75, 3.05) is 0 Å². The van der Waals surface area contributed by atoms with Crippen LogP contribution in [0.4, 0.5) is 0 Å². The van der Waals surface area contributed by atoms with E-state index in [4.69, 9.17) is 10.5 Å². The molecule has 4 rings (SSSR count). The Kier molecular flexibility index (Phi) is 3.92. The average molecular weight is 353 g/mol. The molecule has 26 heavy (non-hydrogen) atoms. The zero-order valence-corrected chi connectivity index (χ0v) is 13.9. The van der Waals surface area contributed by atoms with Crippen molar-refractivity contribution in [3.8, 4) is 11.5 Å². The number of carbonyl (C=O) groups is 2. The van der Waals surface area contributed by atoms with Crippen LogP contribution in [-0.4, -0.2) is 28.2 Å². The van der Waals surface area contributed by atoms with E-state index in [1.807, 2.05) is 48.5 Å². The Bertz CT molecular complexity index is 835. The van der Waals surface area contributed by atoms with Gasteiger partial charge in [-0.3, -0.25) is 9.59 Å². The van der Waals surface area contributed by atoms with E-state index < -0.39 is 29.8 Å². The molecule has 1 aliphatic carbocycles. The number of hydrogen-bond donors (Lipinski definition) is 3. The molecule has 4 N–H and O–H groups in total. The number of aliphatic carboxylic acids is 2. The highest BCUT2D eigenvalue weighted by Crippen LogP contribution is 2.56. The smallest absolute Gasteiger partial charge is 0.320 e. The maximum absolute atomic E-state index is 11.6. The van der Waals surface area contributed by atoms with E-state index in [9.17, 15) is 19.8 Å². The molecule has 2 aromatic rings. The molecular formula is C20H19NO5. The molecule has 0 aromatic heterocycles. The van der Waals surface area contributed by atoms with Gasteiger partial charge in [-0.05, 0) is 24.5 Å². The molecule has 1 heterocycles. The number of para-hydroxylation sites is 2. The molecule has 1 aliphatic heterocycles. The van der Waals surface area contributed by atoms with Crippen molar-refractivity contribution >= 4 is 11.9 Å². The molecule has 4 atom stereocenters. The Morgan fingerprint density at radius 2 is 1.54 bits per heavy atom. The summed E-state index contributed by atoms with van der Waals surface area (Å²) < 4.78 is 5.96. The van der Waals surface area contributed by atoms with Crippen LogP contribution in [0, 0.1) is 17.8 Å². The maximum Gasteiger partial charge on any atom is 0.320 e. The highest BCUT2D eigenvalue weighted by atomic mass is 16.5. The van der Waals surface area contributed by atoms with Crippen LogP contribution >= 0.6 is 0 Å². The minimum Gasteiger partial charge on any atom is -0.481 e. The molecule has 6 heteroatoms. The monoisotopic (exact) mass is 353 g/mol. The van der Waals surface area contributed by atoms with Crippen molar-refractivity contribution in [2.24, 2.45) is 23.5 Å². The van der Waals surface area contributed by atoms with Gasteiger partial charge in [-0.1, -0.05) is 36.4 Å². The van der Waals surface area contributed by atoms with Crippen molar-refractivity contribution < 1.29 is 24.5 Å². The van der Waals surface area contributed by atoms with E-state index in [-0.39, 0.29) is 11.8 Å². The Morgan fingerprint density at radius 3 is 2.04 bits per heavy atom. The number of hydrogen-bond acceptors (Lipinski definition) is 4. The SMILES string of the molecule is NC(C(=O)O)C1C(CC2c3ccccc3Oc3ccccc32)C1C(=O)O. The molecule has 6 nitrogen and oxygen atoms in total. The van der Waals surface area contributed by atoms with Gasteiger partial charge in [0.25, 0.3) is 0 Å². The van der Waals surface area contributed by atoms with Crippen molar-refractivity contribution in [3.63, 3.8) is 0 Å². The number of rotatable bonds is 5. The van der Waals surface area contributed by atoms with Gasteiger partial charge >= 0.3 is 11.9 Å². The van der Waals surface area contributed by atoms with E-state index in [1.54, 1.807) is 0 Å². The van der Waals surface area contributed by atoms with Crippen molar-refractivity contribution in [2.45, 2.75) is 18.4 Å². The first-order valence-corrected chi connectivity index (χ1v) is 8.56. The molecule has 0 bridgehead atoms. The van der Waals surface area contributed by atoms with Crippen LogP contribution < -0.4 is 10.5 Å². The normalized spacial score (nSPS) is 24.7. The molecule has 2 aliphatic rings. The van der Waals surface area contributed by atoms with E-state index in [0.717, 1.165) is 22.6 Å². The quantitative estimate of drug-likeness (QED) is 0.762. The summed E-state index contributed by atoms with van der Waals surface area (Å²) >= 11 is 0. The van der Waals surface area contributed by atoms with Crippen molar-refractivity contribution in [1.29, 1.82) is 0 Å². The lowest BCUT2D eigenvalue weighted by molar-refractivity contribution is -0.140. The van der Waals surface area contributed by atoms with E-state index in [2.05, 4.69) is 0 Å². The lowest BCUT2D eigenvalue weighted by Gasteiger charge is -2.28. The fraction of sp³-hybridized carbons (Fsp3) is 0.300. The van der Waals surface area contributed by atoms with Crippen LogP contribution in [0.5, 0.6) is 11.5 Å². The van der Waals surface area contributed by atoms with Crippen LogP contribution in [0.25, 0.3) is 0 Å². The third-order valence-electron chi connectivity index (χ3n) is 5.53. The van der Waals surface area contributed by atoms with Crippen LogP contribution in [0.15, 0.2) is 48.5 Å². The standard InChI is InChI=1S/C20H19NO5/c21-18(20(24)25)16-13(17(16)19(22)23)9-12-10-5-1-3-7-14(10)26-15-8-4-2-6-11(12)15/h1-8,12-13,16-18H,9,21H2,(H,22,23)(H,24,25). The molecule has 1 saturated carbocycles. The Labute approximate surface area is 150 Å². The molecule has 0 spiro atoms. The fourth-order valence-electron chi connectivity index (χ4n) is 4.24. The summed E-state index contributed by atoms with van der Waals surface area (Å²) in [7, 11) is 0. The number of ether oxygens (including phenoxy) is 1. The minimum atomic E-state index is -1.16. The first-order chi connectivity index (χ1) is 12.5. The van der Waals surface area contributed by atoms with Gasteiger partial charge in [0.2, 0.25) is 0 Å². The summed E-state index contributed by atoms with van der Waals surface area (Å²) in [6.07, 6.45) is 0.528. The molecular weight excluding hydrogens is 334 g/mol. The second-order valence-corrected chi connectivity index (χ2v) is 6.94. The predicted octanol–water partition coefficient (Wildman–Crippen LogP) is 2.67. The highest BCUT2D eigenvalue weighted by molar-refractivity contribution is 5.80. The lowest BCUT2D eigenvalue weighted by Crippen LogP contribution is -2.34. The summed E-state index contributed by atoms with van der Waals surface area (Å²) in [6.45, 7) is 0. The number of carboxylic acids is 2. The second-order valence-electron chi connectivity index (χ2n) is 6.94. The summed E-state index contributed by atoms with van der Waals surface area (Å²) in [6, 6.07) is 14.2. The van der Waals surface area contributed by atoms with Gasteiger partial charge < -0.3 is 20.7 Å². The number of fused-ring (bicyclic) bond motifs is 2. The van der Waals surface area contributed by atoms with Gasteiger partial charge in [0.05, 0.1) is 5.92 Å². The summed E-state index contributed by atoms with van der Waals surface area (Å²) in [5.74, 6) is -2.22. The molecule has 0 radical (unpaired) electrons. The fourth-order valence-corrected chi connectivity index (χ4v) is 4.24. The molecule has 0 saturated heterocycles. The van der Waals surface area contributed by atoms with E-state index in [0.29, 0.717) is 6.42 Å². The third-order valence-corrected chi connectivity index (χ3v) is 5.53. The number of benzene rings is 2. The summed E-state index contributed by atoms with van der Waals surface area (Å²) in [4.78, 5) is 22.8. The lowest BCUT2D eigenvalue weighted by atomic mass is 9.83. The molecule has 0 amide bonds. The summed E-state index contributed by atoms with van der Waals surface area (Å²) in [5.41, 5.74) is 7.73.